The number of fused-ring (bicyclic) bond motifs is 1. The van der Waals surface area contributed by atoms with Crippen LogP contribution in [0.4, 0.5) is 0 Å². The molecule has 0 bridgehead atoms. The second kappa shape index (κ2) is 3.47. The van der Waals surface area contributed by atoms with Gasteiger partial charge in [-0.1, -0.05) is 0 Å². The van der Waals surface area contributed by atoms with E-state index in [4.69, 9.17) is 16.3 Å². The Kier molecular flexibility index (Phi) is 2.57. The van der Waals surface area contributed by atoms with Crippen molar-refractivity contribution >= 4 is 28.5 Å². The van der Waals surface area contributed by atoms with E-state index in [1.54, 1.807) is 16.9 Å². The molecule has 1 unspecified atom stereocenters. The molecule has 2 atom stereocenters. The number of hydrogen-bond donors (Lipinski definition) is 0. The van der Waals surface area contributed by atoms with Crippen molar-refractivity contribution in [2.75, 3.05) is 0 Å². The van der Waals surface area contributed by atoms with Crippen LogP contribution in [-0.4, -0.2) is 22.5 Å². The first-order valence-corrected chi connectivity index (χ1v) is 6.50. The summed E-state index contributed by atoms with van der Waals surface area (Å²) in [5.74, 6) is 1.00. The van der Waals surface area contributed by atoms with Crippen molar-refractivity contribution in [1.29, 1.82) is 0 Å². The summed E-state index contributed by atoms with van der Waals surface area (Å²) in [4.78, 5) is 0. The summed E-state index contributed by atoms with van der Waals surface area (Å²) in [6, 6.07) is 5.89. The van der Waals surface area contributed by atoms with Crippen LogP contribution in [0.3, 0.4) is 0 Å². The van der Waals surface area contributed by atoms with Gasteiger partial charge < -0.3 is 0 Å². The van der Waals surface area contributed by atoms with Gasteiger partial charge in [-0.25, -0.2) is 0 Å². The normalized spacial score (nSPS) is 23.9. The molecule has 0 radical (unpaired) electrons. The van der Waals surface area contributed by atoms with Crippen molar-refractivity contribution in [2.45, 2.75) is 30.6 Å². The van der Waals surface area contributed by atoms with Gasteiger partial charge >= 0.3 is 98.3 Å². The van der Waals surface area contributed by atoms with E-state index in [-0.39, 0.29) is 5.60 Å². The van der Waals surface area contributed by atoms with Crippen LogP contribution in [0.15, 0.2) is 18.2 Å². The van der Waals surface area contributed by atoms with Crippen LogP contribution in [0.25, 0.3) is 0 Å². The summed E-state index contributed by atoms with van der Waals surface area (Å²) < 4.78 is 6.48. The van der Waals surface area contributed by atoms with Crippen molar-refractivity contribution in [3.05, 3.63) is 28.8 Å². The number of hydrogen-bond acceptors (Lipinski definition) is 1. The molecule has 0 saturated carbocycles. The van der Waals surface area contributed by atoms with Gasteiger partial charge in [0.15, 0.2) is 0 Å². The van der Waals surface area contributed by atoms with E-state index in [0.29, 0.717) is 4.71 Å². The number of halogens is 1. The van der Waals surface area contributed by atoms with Crippen molar-refractivity contribution in [3.8, 4) is 5.75 Å². The standard InChI is InChI=1S/C11H14AsClO/c1-11(2)6-9(12)8-5-7(13)3-4-10(8)14-11/h3-5,9H,6,12H2,1-2H3/t9-/m0/s1. The van der Waals surface area contributed by atoms with E-state index >= 15 is 0 Å². The fraction of sp³-hybridized carbons (Fsp3) is 0.455. The van der Waals surface area contributed by atoms with Crippen molar-refractivity contribution in [3.63, 3.8) is 0 Å². The maximum absolute atomic E-state index is 5.96. The van der Waals surface area contributed by atoms with Crippen LogP contribution < -0.4 is 4.74 Å². The molecule has 1 nitrogen and oxygen atoms in total. The summed E-state index contributed by atoms with van der Waals surface area (Å²) in [5.41, 5.74) is 1.22. The molecular formula is C11H14AsClO. The minimum atomic E-state index is -0.0397. The van der Waals surface area contributed by atoms with Crippen LogP contribution in [0, 0.1) is 0 Å². The SMILES string of the molecule is CC1(C)C[C@H]([AsH2])c2cc(Cl)ccc2O1. The average Bonchev–Trinajstić information content (AvgIpc) is 2.05. The molecule has 76 valence electrons. The quantitative estimate of drug-likeness (QED) is 0.660. The van der Waals surface area contributed by atoms with E-state index < -0.39 is 0 Å². The number of rotatable bonds is 0. The van der Waals surface area contributed by atoms with Crippen LogP contribution in [0.2, 0.25) is 5.02 Å². The third kappa shape index (κ3) is 1.94. The molecule has 14 heavy (non-hydrogen) atoms. The fourth-order valence-electron chi connectivity index (χ4n) is 1.88. The molecular weight excluding hydrogens is 258 g/mol. The van der Waals surface area contributed by atoms with Crippen molar-refractivity contribution in [1.82, 2.24) is 0 Å². The Balaban J connectivity index is 2.45. The molecule has 1 aliphatic heterocycles. The molecule has 0 spiro atoms. The second-order valence-corrected chi connectivity index (χ2v) is 6.48. The first-order chi connectivity index (χ1) is 6.48. The molecule has 0 aliphatic carbocycles. The van der Waals surface area contributed by atoms with Crippen LogP contribution in [0.1, 0.15) is 30.5 Å². The van der Waals surface area contributed by atoms with E-state index in [2.05, 4.69) is 13.8 Å². The molecule has 1 aromatic carbocycles. The summed E-state index contributed by atoms with van der Waals surface area (Å²) >= 11 is 7.71. The molecule has 0 amide bonds. The van der Waals surface area contributed by atoms with Crippen LogP contribution in [0.5, 0.6) is 5.75 Å². The third-order valence-corrected chi connectivity index (χ3v) is 3.95. The molecule has 1 aliphatic rings. The molecule has 2 rings (SSSR count). The van der Waals surface area contributed by atoms with Gasteiger partial charge in [0, 0.05) is 0 Å². The molecule has 1 aromatic rings. The Morgan fingerprint density at radius 3 is 2.93 bits per heavy atom. The van der Waals surface area contributed by atoms with Gasteiger partial charge in [0.25, 0.3) is 0 Å². The van der Waals surface area contributed by atoms with Crippen molar-refractivity contribution in [2.24, 2.45) is 0 Å². The monoisotopic (exact) mass is 272 g/mol. The van der Waals surface area contributed by atoms with Crippen molar-refractivity contribution < 1.29 is 4.74 Å². The molecule has 0 saturated heterocycles. The minimum absolute atomic E-state index is 0.0397. The first-order valence-electron chi connectivity index (χ1n) is 4.72. The predicted molar refractivity (Wildman–Crippen MR) is 62.1 cm³/mol. The van der Waals surface area contributed by atoms with Gasteiger partial charge in [-0.3, -0.25) is 0 Å². The maximum atomic E-state index is 5.96. The Hall–Kier alpha value is -0.132. The van der Waals surface area contributed by atoms with E-state index in [0.717, 1.165) is 17.2 Å². The summed E-state index contributed by atoms with van der Waals surface area (Å²) in [5, 5.41) is 0.801. The molecule has 0 N–H and O–H groups in total. The zero-order valence-corrected chi connectivity index (χ0v) is 11.6. The van der Waals surface area contributed by atoms with Crippen LogP contribution >= 0.6 is 11.6 Å². The zero-order chi connectivity index (χ0) is 10.3. The molecule has 3 heteroatoms. The molecule has 0 fully saturated rings. The molecule has 1 heterocycles. The summed E-state index contributed by atoms with van der Waals surface area (Å²) in [7, 11) is 0. The zero-order valence-electron chi connectivity index (χ0n) is 8.38. The Labute approximate surface area is 98.3 Å². The van der Waals surface area contributed by atoms with Crippen LogP contribution in [-0.2, 0) is 0 Å². The van der Waals surface area contributed by atoms with Gasteiger partial charge in [-0.15, -0.1) is 0 Å². The van der Waals surface area contributed by atoms with E-state index in [1.807, 2.05) is 18.2 Å². The number of ether oxygens (including phenoxy) is 1. The fourth-order valence-corrected chi connectivity index (χ4v) is 3.80. The topological polar surface area (TPSA) is 9.23 Å². The van der Waals surface area contributed by atoms with Gasteiger partial charge in [0.05, 0.1) is 0 Å². The van der Waals surface area contributed by atoms with E-state index in [1.165, 1.54) is 5.56 Å². The van der Waals surface area contributed by atoms with Gasteiger partial charge in [0.2, 0.25) is 0 Å². The van der Waals surface area contributed by atoms with Gasteiger partial charge in [0.1, 0.15) is 0 Å². The first kappa shape index (κ1) is 10.4. The Bertz CT molecular complexity index is 362. The van der Waals surface area contributed by atoms with Gasteiger partial charge in [-0.05, 0) is 0 Å². The summed E-state index contributed by atoms with van der Waals surface area (Å²) in [6.07, 6.45) is 1.07. The Morgan fingerprint density at radius 1 is 1.50 bits per heavy atom. The van der Waals surface area contributed by atoms with Gasteiger partial charge in [-0.2, -0.15) is 0 Å². The second-order valence-electron chi connectivity index (χ2n) is 4.35. The average molecular weight is 273 g/mol. The van der Waals surface area contributed by atoms with E-state index in [9.17, 15) is 0 Å². The molecule has 0 aromatic heterocycles. The third-order valence-electron chi connectivity index (χ3n) is 2.47. The summed E-state index contributed by atoms with van der Waals surface area (Å²) in [6.45, 7) is 4.27. The Morgan fingerprint density at radius 2 is 2.21 bits per heavy atom. The predicted octanol–water partition coefficient (Wildman–Crippen LogP) is 2.58. The number of benzene rings is 1.